The van der Waals surface area contributed by atoms with Crippen LogP contribution in [0.3, 0.4) is 0 Å². The van der Waals surface area contributed by atoms with E-state index in [2.05, 4.69) is 20.6 Å². The Hall–Kier alpha value is -1.93. The maximum atomic E-state index is 11.8. The molecule has 1 aromatic rings. The van der Waals surface area contributed by atoms with E-state index < -0.39 is 11.5 Å². The van der Waals surface area contributed by atoms with Crippen molar-refractivity contribution in [1.82, 2.24) is 9.97 Å². The second-order valence-corrected chi connectivity index (χ2v) is 8.19. The maximum Gasteiger partial charge on any atom is 0.254 e. The van der Waals surface area contributed by atoms with Gasteiger partial charge in [0.15, 0.2) is 0 Å². The van der Waals surface area contributed by atoms with Crippen molar-refractivity contribution in [1.29, 1.82) is 0 Å². The summed E-state index contributed by atoms with van der Waals surface area (Å²) in [6.07, 6.45) is 9.85. The SMILES string of the molecule is CC[C@@]1(O)CCC[C@@H](Nc2nc(NC3CCC(OC)CC3)ncc2C(N)=O)C1. The Bertz CT molecular complexity index is 678. The summed E-state index contributed by atoms with van der Waals surface area (Å²) in [7, 11) is 1.76. The number of ether oxygens (including phenoxy) is 1. The number of anilines is 2. The Balaban J connectivity index is 1.70. The van der Waals surface area contributed by atoms with E-state index in [0.717, 1.165) is 44.9 Å². The van der Waals surface area contributed by atoms with Crippen LogP contribution in [0.4, 0.5) is 11.8 Å². The minimum atomic E-state index is -0.656. The number of nitrogens with zero attached hydrogens (tertiary/aromatic N) is 2. The van der Waals surface area contributed by atoms with E-state index >= 15 is 0 Å². The van der Waals surface area contributed by atoms with Crippen molar-refractivity contribution in [3.05, 3.63) is 11.8 Å². The van der Waals surface area contributed by atoms with Gasteiger partial charge in [-0.3, -0.25) is 4.79 Å². The van der Waals surface area contributed by atoms with E-state index in [1.807, 2.05) is 6.92 Å². The number of carbonyl (C=O) groups excluding carboxylic acids is 1. The second kappa shape index (κ2) is 9.05. The summed E-state index contributed by atoms with van der Waals surface area (Å²) >= 11 is 0. The van der Waals surface area contributed by atoms with E-state index in [1.165, 1.54) is 6.20 Å². The molecule has 0 aliphatic heterocycles. The number of hydrogen-bond acceptors (Lipinski definition) is 7. The molecule has 2 fully saturated rings. The smallest absolute Gasteiger partial charge is 0.254 e. The highest BCUT2D eigenvalue weighted by Crippen LogP contribution is 2.33. The number of methoxy groups -OCH3 is 1. The van der Waals surface area contributed by atoms with Crippen molar-refractivity contribution in [2.45, 2.75) is 88.5 Å². The lowest BCUT2D eigenvalue weighted by Crippen LogP contribution is -2.40. The van der Waals surface area contributed by atoms with Gasteiger partial charge in [0.25, 0.3) is 5.91 Å². The summed E-state index contributed by atoms with van der Waals surface area (Å²) in [4.78, 5) is 20.7. The van der Waals surface area contributed by atoms with Gasteiger partial charge in [-0.05, 0) is 57.8 Å². The van der Waals surface area contributed by atoms with Crippen molar-refractivity contribution < 1.29 is 14.6 Å². The molecule has 0 aromatic carbocycles. The zero-order valence-corrected chi connectivity index (χ0v) is 16.9. The van der Waals surface area contributed by atoms with Crippen molar-refractivity contribution in [2.75, 3.05) is 17.7 Å². The van der Waals surface area contributed by atoms with Crippen molar-refractivity contribution in [2.24, 2.45) is 5.73 Å². The number of hydrogen-bond donors (Lipinski definition) is 4. The van der Waals surface area contributed by atoms with Gasteiger partial charge < -0.3 is 26.2 Å². The van der Waals surface area contributed by atoms with Gasteiger partial charge in [0.2, 0.25) is 5.95 Å². The predicted molar refractivity (Wildman–Crippen MR) is 108 cm³/mol. The first kappa shape index (κ1) is 20.8. The molecule has 2 atom stereocenters. The molecule has 8 heteroatoms. The lowest BCUT2D eigenvalue weighted by atomic mass is 9.80. The Kier molecular flexibility index (Phi) is 6.72. The fraction of sp³-hybridized carbons (Fsp3) is 0.750. The maximum absolute atomic E-state index is 11.8. The van der Waals surface area contributed by atoms with Crippen LogP contribution >= 0.6 is 0 Å². The molecule has 0 saturated heterocycles. The average Bonchev–Trinajstić information content (AvgIpc) is 2.68. The van der Waals surface area contributed by atoms with E-state index in [0.29, 0.717) is 36.8 Å². The molecule has 0 radical (unpaired) electrons. The minimum Gasteiger partial charge on any atom is -0.390 e. The summed E-state index contributed by atoms with van der Waals surface area (Å²) in [6, 6.07) is 0.343. The van der Waals surface area contributed by atoms with E-state index in [4.69, 9.17) is 10.5 Å². The molecule has 2 aliphatic rings. The first-order valence-corrected chi connectivity index (χ1v) is 10.4. The fourth-order valence-electron chi connectivity index (χ4n) is 4.35. The van der Waals surface area contributed by atoms with Crippen molar-refractivity contribution in [3.8, 4) is 0 Å². The Morgan fingerprint density at radius 1 is 1.29 bits per heavy atom. The zero-order valence-electron chi connectivity index (χ0n) is 16.9. The molecule has 3 rings (SSSR count). The Labute approximate surface area is 166 Å². The van der Waals surface area contributed by atoms with E-state index in [-0.39, 0.29) is 11.6 Å². The number of aromatic nitrogens is 2. The Morgan fingerprint density at radius 3 is 2.68 bits per heavy atom. The van der Waals surface area contributed by atoms with Gasteiger partial charge in [0.05, 0.1) is 17.3 Å². The number of carbonyl (C=O) groups is 1. The number of aliphatic hydroxyl groups is 1. The third kappa shape index (κ3) is 5.11. The third-order valence-electron chi connectivity index (χ3n) is 6.22. The minimum absolute atomic E-state index is 0.0525. The predicted octanol–water partition coefficient (Wildman–Crippen LogP) is 2.44. The topological polar surface area (TPSA) is 122 Å². The first-order chi connectivity index (χ1) is 13.4. The summed E-state index contributed by atoms with van der Waals surface area (Å²) < 4.78 is 5.42. The summed E-state index contributed by atoms with van der Waals surface area (Å²) in [6.45, 7) is 2.00. The number of amides is 1. The van der Waals surface area contributed by atoms with Gasteiger partial charge in [-0.2, -0.15) is 4.98 Å². The molecule has 2 aliphatic carbocycles. The largest absolute Gasteiger partial charge is 0.390 e. The first-order valence-electron chi connectivity index (χ1n) is 10.4. The lowest BCUT2D eigenvalue weighted by Gasteiger charge is -2.36. The molecule has 1 heterocycles. The quantitative estimate of drug-likeness (QED) is 0.563. The highest BCUT2D eigenvalue weighted by atomic mass is 16.5. The van der Waals surface area contributed by atoms with Crippen LogP contribution in [0, 0.1) is 0 Å². The molecule has 28 heavy (non-hydrogen) atoms. The highest BCUT2D eigenvalue weighted by molar-refractivity contribution is 5.97. The molecular formula is C20H33N5O3. The van der Waals surface area contributed by atoms with Gasteiger partial charge in [-0.1, -0.05) is 6.92 Å². The van der Waals surface area contributed by atoms with Crippen LogP contribution in [-0.2, 0) is 4.74 Å². The highest BCUT2D eigenvalue weighted by Gasteiger charge is 2.33. The van der Waals surface area contributed by atoms with Crippen molar-refractivity contribution >= 4 is 17.7 Å². The van der Waals surface area contributed by atoms with Gasteiger partial charge in [-0.25, -0.2) is 4.98 Å². The average molecular weight is 392 g/mol. The zero-order chi connectivity index (χ0) is 20.1. The monoisotopic (exact) mass is 391 g/mol. The molecule has 1 aromatic heterocycles. The molecule has 1 amide bonds. The van der Waals surface area contributed by atoms with Gasteiger partial charge in [0.1, 0.15) is 5.82 Å². The molecule has 0 bridgehead atoms. The van der Waals surface area contributed by atoms with Crippen LogP contribution in [0.15, 0.2) is 6.20 Å². The molecule has 156 valence electrons. The number of nitrogens with one attached hydrogen (secondary N) is 2. The number of primary amides is 1. The normalized spacial score (nSPS) is 30.6. The van der Waals surface area contributed by atoms with Crippen LogP contribution in [0.2, 0.25) is 0 Å². The summed E-state index contributed by atoms with van der Waals surface area (Å²) in [5.41, 5.74) is 5.14. The lowest BCUT2D eigenvalue weighted by molar-refractivity contribution is -0.00327. The number of rotatable bonds is 7. The van der Waals surface area contributed by atoms with Crippen LogP contribution < -0.4 is 16.4 Å². The van der Waals surface area contributed by atoms with Crippen molar-refractivity contribution in [3.63, 3.8) is 0 Å². The molecule has 8 nitrogen and oxygen atoms in total. The van der Waals surface area contributed by atoms with Crippen LogP contribution in [-0.4, -0.2) is 51.9 Å². The van der Waals surface area contributed by atoms with Crippen LogP contribution in [0.5, 0.6) is 0 Å². The van der Waals surface area contributed by atoms with Crippen LogP contribution in [0.1, 0.15) is 75.1 Å². The van der Waals surface area contributed by atoms with Gasteiger partial charge in [-0.15, -0.1) is 0 Å². The Morgan fingerprint density at radius 2 is 2.04 bits per heavy atom. The summed E-state index contributed by atoms with van der Waals surface area (Å²) in [5.74, 6) is 0.382. The molecule has 5 N–H and O–H groups in total. The van der Waals surface area contributed by atoms with Gasteiger partial charge in [0, 0.05) is 25.4 Å². The molecule has 2 saturated carbocycles. The summed E-state index contributed by atoms with van der Waals surface area (Å²) in [5, 5.41) is 17.4. The second-order valence-electron chi connectivity index (χ2n) is 8.19. The molecular weight excluding hydrogens is 358 g/mol. The molecule has 0 spiro atoms. The van der Waals surface area contributed by atoms with E-state index in [9.17, 15) is 9.90 Å². The van der Waals surface area contributed by atoms with E-state index in [1.54, 1.807) is 7.11 Å². The third-order valence-corrected chi connectivity index (χ3v) is 6.22. The standard InChI is InChI=1S/C20H33N5O3/c1-3-20(27)10-4-5-14(11-20)23-18-16(17(21)26)12-22-19(25-18)24-13-6-8-15(28-2)9-7-13/h12-15,27H,3-11H2,1-2H3,(H2,21,26)(H2,22,23,24,25)/t13?,14-,15?,20-/m1/s1. The molecule has 0 unspecified atom stereocenters. The van der Waals surface area contributed by atoms with Crippen LogP contribution in [0.25, 0.3) is 0 Å². The number of nitrogens with two attached hydrogens (primary N) is 1. The van der Waals surface area contributed by atoms with Gasteiger partial charge >= 0.3 is 0 Å². The fourth-order valence-corrected chi connectivity index (χ4v) is 4.35.